The molecule has 0 aliphatic heterocycles. The van der Waals surface area contributed by atoms with Gasteiger partial charge in [0.2, 0.25) is 0 Å². The van der Waals surface area contributed by atoms with Crippen molar-refractivity contribution in [2.24, 2.45) is 0 Å². The van der Waals surface area contributed by atoms with Crippen LogP contribution in [0.1, 0.15) is 27.0 Å². The first kappa shape index (κ1) is 23.0. The molecular weight excluding hydrogens is 426 g/mol. The zero-order chi connectivity index (χ0) is 24.1. The maximum absolute atomic E-state index is 12.8. The number of hydrogen-bond acceptors (Lipinski definition) is 3. The molecule has 0 spiro atoms. The Kier molecular flexibility index (Phi) is 6.87. The molecular formula is C28H27N3O3. The second-order valence-electron chi connectivity index (χ2n) is 8.27. The van der Waals surface area contributed by atoms with Crippen LogP contribution in [0.2, 0.25) is 0 Å². The molecule has 4 aromatic rings. The van der Waals surface area contributed by atoms with Crippen LogP contribution in [0.3, 0.4) is 0 Å². The van der Waals surface area contributed by atoms with Gasteiger partial charge in [0.05, 0.1) is 17.6 Å². The van der Waals surface area contributed by atoms with E-state index in [4.69, 9.17) is 0 Å². The van der Waals surface area contributed by atoms with Crippen LogP contribution in [0.25, 0.3) is 11.0 Å². The molecule has 34 heavy (non-hydrogen) atoms. The minimum atomic E-state index is -0.585. The number of nitrogens with zero attached hydrogens (tertiary/aromatic N) is 2. The van der Waals surface area contributed by atoms with Crippen LogP contribution in [-0.4, -0.2) is 21.6 Å². The van der Waals surface area contributed by atoms with E-state index in [9.17, 15) is 14.4 Å². The van der Waals surface area contributed by atoms with Crippen molar-refractivity contribution in [3.63, 3.8) is 0 Å². The predicted molar refractivity (Wildman–Crippen MR) is 135 cm³/mol. The van der Waals surface area contributed by atoms with Gasteiger partial charge in [-0.15, -0.1) is 6.58 Å². The second-order valence-corrected chi connectivity index (χ2v) is 8.27. The Labute approximate surface area is 197 Å². The van der Waals surface area contributed by atoms with Crippen molar-refractivity contribution >= 4 is 16.9 Å². The van der Waals surface area contributed by atoms with Crippen LogP contribution < -0.4 is 16.4 Å². The van der Waals surface area contributed by atoms with E-state index in [2.05, 4.69) is 36.2 Å². The fourth-order valence-electron chi connectivity index (χ4n) is 3.96. The monoisotopic (exact) mass is 453 g/mol. The average Bonchev–Trinajstić information content (AvgIpc) is 2.86. The molecule has 6 nitrogen and oxygen atoms in total. The third kappa shape index (κ3) is 4.91. The van der Waals surface area contributed by atoms with Crippen molar-refractivity contribution in [1.82, 2.24) is 14.5 Å². The summed E-state index contributed by atoms with van der Waals surface area (Å²) in [7, 11) is 0. The highest BCUT2D eigenvalue weighted by molar-refractivity contribution is 5.94. The van der Waals surface area contributed by atoms with Crippen molar-refractivity contribution in [2.45, 2.75) is 26.4 Å². The zero-order valence-corrected chi connectivity index (χ0v) is 19.2. The average molecular weight is 454 g/mol. The number of benzene rings is 3. The molecule has 1 aromatic heterocycles. The highest BCUT2D eigenvalue weighted by atomic mass is 16.2. The summed E-state index contributed by atoms with van der Waals surface area (Å²) in [6.45, 7) is 6.78. The number of para-hydroxylation sites is 2. The molecule has 0 aliphatic carbocycles. The molecule has 172 valence electrons. The summed E-state index contributed by atoms with van der Waals surface area (Å²) >= 11 is 0. The van der Waals surface area contributed by atoms with Crippen LogP contribution in [0.4, 0.5) is 0 Å². The van der Waals surface area contributed by atoms with E-state index in [0.717, 1.165) is 12.0 Å². The van der Waals surface area contributed by atoms with Gasteiger partial charge in [0.15, 0.2) is 0 Å². The topological polar surface area (TPSA) is 73.1 Å². The van der Waals surface area contributed by atoms with Crippen LogP contribution in [0.15, 0.2) is 95.0 Å². The minimum absolute atomic E-state index is 0.145. The molecule has 0 fully saturated rings. The van der Waals surface area contributed by atoms with Crippen molar-refractivity contribution in [3.8, 4) is 0 Å². The Bertz CT molecular complexity index is 1450. The number of aromatic nitrogens is 2. The molecule has 0 saturated heterocycles. The van der Waals surface area contributed by atoms with Crippen LogP contribution in [0.5, 0.6) is 0 Å². The summed E-state index contributed by atoms with van der Waals surface area (Å²) < 4.78 is 2.92. The normalized spacial score (nSPS) is 10.9. The summed E-state index contributed by atoms with van der Waals surface area (Å²) in [6, 6.07) is 22.7. The number of aryl methyl sites for hydroxylation is 1. The third-order valence-corrected chi connectivity index (χ3v) is 5.82. The van der Waals surface area contributed by atoms with Gasteiger partial charge in [-0.1, -0.05) is 60.2 Å². The Morgan fingerprint density at radius 3 is 2.09 bits per heavy atom. The number of rotatable bonds is 8. The van der Waals surface area contributed by atoms with Crippen molar-refractivity contribution in [2.75, 3.05) is 6.54 Å². The molecule has 4 rings (SSSR count). The molecule has 0 bridgehead atoms. The van der Waals surface area contributed by atoms with Gasteiger partial charge in [-0.2, -0.15) is 0 Å². The van der Waals surface area contributed by atoms with Gasteiger partial charge >= 0.3 is 11.1 Å². The van der Waals surface area contributed by atoms with Crippen molar-refractivity contribution in [3.05, 3.63) is 128 Å². The molecule has 0 aliphatic rings. The molecule has 0 radical (unpaired) electrons. The Balaban J connectivity index is 1.49. The van der Waals surface area contributed by atoms with Crippen LogP contribution >= 0.6 is 0 Å². The maximum Gasteiger partial charge on any atom is 0.317 e. The van der Waals surface area contributed by atoms with Crippen molar-refractivity contribution in [1.29, 1.82) is 0 Å². The first-order valence-corrected chi connectivity index (χ1v) is 11.2. The van der Waals surface area contributed by atoms with E-state index in [1.165, 1.54) is 20.3 Å². The molecule has 1 amide bonds. The molecule has 1 N–H and O–H groups in total. The largest absolute Gasteiger partial charge is 0.352 e. The zero-order valence-electron chi connectivity index (χ0n) is 19.2. The summed E-state index contributed by atoms with van der Waals surface area (Å²) in [4.78, 5) is 38.0. The van der Waals surface area contributed by atoms with Gasteiger partial charge in [0.25, 0.3) is 5.91 Å². The predicted octanol–water partition coefficient (Wildman–Crippen LogP) is 3.68. The Hall–Kier alpha value is -4.19. The van der Waals surface area contributed by atoms with E-state index >= 15 is 0 Å². The van der Waals surface area contributed by atoms with Crippen LogP contribution in [-0.2, 0) is 19.5 Å². The van der Waals surface area contributed by atoms with Gasteiger partial charge in [0, 0.05) is 18.7 Å². The SMILES string of the molecule is C=CCn1c(=O)c(=O)n(Cc2ccc(C(=O)NCCc3ccc(C)cc3)cc2)c2ccccc21. The molecule has 0 saturated carbocycles. The smallest absolute Gasteiger partial charge is 0.317 e. The lowest BCUT2D eigenvalue weighted by atomic mass is 10.1. The summed E-state index contributed by atoms with van der Waals surface area (Å²) in [5.74, 6) is -0.145. The van der Waals surface area contributed by atoms with Gasteiger partial charge in [-0.3, -0.25) is 23.5 Å². The quantitative estimate of drug-likeness (QED) is 0.327. The number of hydrogen-bond donors (Lipinski definition) is 1. The van der Waals surface area contributed by atoms with E-state index in [1.807, 2.05) is 43.3 Å². The van der Waals surface area contributed by atoms with Crippen LogP contribution in [0, 0.1) is 6.92 Å². The number of allylic oxidation sites excluding steroid dienone is 1. The first-order chi connectivity index (χ1) is 16.5. The van der Waals surface area contributed by atoms with Gasteiger partial charge in [-0.25, -0.2) is 0 Å². The Morgan fingerprint density at radius 1 is 0.853 bits per heavy atom. The molecule has 0 unspecified atom stereocenters. The number of carbonyl (C=O) groups excluding carboxylic acids is 1. The lowest BCUT2D eigenvalue weighted by Gasteiger charge is -2.14. The lowest BCUT2D eigenvalue weighted by Crippen LogP contribution is -2.41. The molecule has 1 heterocycles. The molecule has 6 heteroatoms. The molecule has 3 aromatic carbocycles. The van der Waals surface area contributed by atoms with E-state index in [-0.39, 0.29) is 19.0 Å². The highest BCUT2D eigenvalue weighted by Gasteiger charge is 2.13. The maximum atomic E-state index is 12.8. The number of nitrogens with one attached hydrogen (secondary N) is 1. The third-order valence-electron chi connectivity index (χ3n) is 5.82. The first-order valence-electron chi connectivity index (χ1n) is 11.2. The summed E-state index contributed by atoms with van der Waals surface area (Å²) in [5, 5.41) is 2.94. The fourth-order valence-corrected chi connectivity index (χ4v) is 3.96. The number of carbonyl (C=O) groups is 1. The van der Waals surface area contributed by atoms with E-state index in [0.29, 0.717) is 23.1 Å². The Morgan fingerprint density at radius 2 is 1.44 bits per heavy atom. The van der Waals surface area contributed by atoms with Gasteiger partial charge in [0.1, 0.15) is 0 Å². The highest BCUT2D eigenvalue weighted by Crippen LogP contribution is 2.13. The minimum Gasteiger partial charge on any atom is -0.352 e. The lowest BCUT2D eigenvalue weighted by molar-refractivity contribution is 0.0954. The van der Waals surface area contributed by atoms with E-state index < -0.39 is 11.1 Å². The standard InChI is InChI=1S/C28H27N3O3/c1-3-18-30-24-6-4-5-7-25(24)31(28(34)27(30)33)19-22-12-14-23(15-13-22)26(32)29-17-16-21-10-8-20(2)9-11-21/h3-15H,1,16-19H2,2H3,(H,29,32). The van der Waals surface area contributed by atoms with Gasteiger partial charge in [-0.05, 0) is 48.7 Å². The van der Waals surface area contributed by atoms with E-state index in [1.54, 1.807) is 18.2 Å². The molecule has 0 atom stereocenters. The number of fused-ring (bicyclic) bond motifs is 1. The fraction of sp³-hybridized carbons (Fsp3) is 0.179. The summed E-state index contributed by atoms with van der Waals surface area (Å²) in [6.07, 6.45) is 2.36. The van der Waals surface area contributed by atoms with Gasteiger partial charge < -0.3 is 5.32 Å². The second kappa shape index (κ2) is 10.2. The number of amides is 1. The summed E-state index contributed by atoms with van der Waals surface area (Å²) in [5.41, 5.74) is 3.94. The van der Waals surface area contributed by atoms with Crippen molar-refractivity contribution < 1.29 is 4.79 Å².